The van der Waals surface area contributed by atoms with Gasteiger partial charge in [-0.3, -0.25) is 4.79 Å². The van der Waals surface area contributed by atoms with Gasteiger partial charge >= 0.3 is 12.0 Å². The van der Waals surface area contributed by atoms with Crippen LogP contribution in [-0.4, -0.2) is 40.3 Å². The van der Waals surface area contributed by atoms with Crippen molar-refractivity contribution in [3.8, 4) is 0 Å². The van der Waals surface area contributed by atoms with Crippen LogP contribution in [0.4, 0.5) is 4.79 Å². The fraction of sp³-hybridized carbons (Fsp3) is 0.556. The number of aromatic nitrogens is 2. The molecule has 1 aromatic heterocycles. The first-order valence-electron chi connectivity index (χ1n) is 5.17. The molecule has 17 heavy (non-hydrogen) atoms. The van der Waals surface area contributed by atoms with Gasteiger partial charge in [0.05, 0.1) is 0 Å². The molecule has 0 atom stereocenters. The van der Waals surface area contributed by atoms with E-state index in [1.165, 1.54) is 6.33 Å². The summed E-state index contributed by atoms with van der Waals surface area (Å²) in [6.45, 7) is 0.714. The number of amides is 2. The Hall–Kier alpha value is -2.12. The van der Waals surface area contributed by atoms with Gasteiger partial charge < -0.3 is 20.3 Å². The Morgan fingerprint density at radius 3 is 2.76 bits per heavy atom. The minimum atomic E-state index is -0.872. The molecule has 3 N–H and O–H groups in total. The summed E-state index contributed by atoms with van der Waals surface area (Å²) >= 11 is 0. The minimum Gasteiger partial charge on any atom is -0.481 e. The zero-order chi connectivity index (χ0) is 12.5. The number of aliphatic carboxylic acids is 1. The lowest BCUT2D eigenvalue weighted by atomic mass is 10.3. The molecule has 0 bridgehead atoms. The number of hydrogen-bond donors (Lipinski definition) is 3. The van der Waals surface area contributed by atoms with Gasteiger partial charge in [0.25, 0.3) is 0 Å². The number of carbonyl (C=O) groups excluding carboxylic acids is 1. The lowest BCUT2D eigenvalue weighted by molar-refractivity contribution is -0.137. The second-order valence-electron chi connectivity index (χ2n) is 3.26. The largest absolute Gasteiger partial charge is 0.481 e. The van der Waals surface area contributed by atoms with E-state index in [1.54, 1.807) is 0 Å². The Kier molecular flexibility index (Phi) is 5.49. The van der Waals surface area contributed by atoms with E-state index in [4.69, 9.17) is 9.63 Å². The van der Waals surface area contributed by atoms with E-state index < -0.39 is 5.97 Å². The van der Waals surface area contributed by atoms with Crippen LogP contribution in [0.25, 0.3) is 0 Å². The van der Waals surface area contributed by atoms with Gasteiger partial charge in [-0.15, -0.1) is 0 Å². The van der Waals surface area contributed by atoms with Crippen molar-refractivity contribution >= 4 is 12.0 Å². The van der Waals surface area contributed by atoms with Gasteiger partial charge in [-0.1, -0.05) is 5.16 Å². The first-order valence-corrected chi connectivity index (χ1v) is 5.17. The first kappa shape index (κ1) is 12.9. The molecule has 2 amide bonds. The van der Waals surface area contributed by atoms with Crippen molar-refractivity contribution in [3.05, 3.63) is 12.2 Å². The molecule has 0 fully saturated rings. The molecule has 0 saturated carbocycles. The van der Waals surface area contributed by atoms with Crippen molar-refractivity contribution in [1.82, 2.24) is 20.8 Å². The molecule has 0 aliphatic rings. The SMILES string of the molecule is O=C(O)CCCNC(=O)NCCc1ncno1. The summed E-state index contributed by atoms with van der Waals surface area (Å²) in [5, 5.41) is 16.9. The van der Waals surface area contributed by atoms with E-state index in [1.807, 2.05) is 0 Å². The summed E-state index contributed by atoms with van der Waals surface area (Å²) in [6.07, 6.45) is 2.21. The van der Waals surface area contributed by atoms with Gasteiger partial charge in [0.1, 0.15) is 0 Å². The van der Waals surface area contributed by atoms with Crippen LogP contribution in [0.1, 0.15) is 18.7 Å². The summed E-state index contributed by atoms with van der Waals surface area (Å²) in [7, 11) is 0. The summed E-state index contributed by atoms with van der Waals surface area (Å²) in [5.74, 6) is -0.417. The van der Waals surface area contributed by atoms with Crippen molar-refractivity contribution < 1.29 is 19.2 Å². The number of nitrogens with one attached hydrogen (secondary N) is 2. The smallest absolute Gasteiger partial charge is 0.314 e. The summed E-state index contributed by atoms with van der Waals surface area (Å²) < 4.78 is 4.74. The topological polar surface area (TPSA) is 117 Å². The van der Waals surface area contributed by atoms with Crippen LogP contribution < -0.4 is 10.6 Å². The second kappa shape index (κ2) is 7.20. The van der Waals surface area contributed by atoms with Crippen LogP contribution in [0.15, 0.2) is 10.9 Å². The van der Waals surface area contributed by atoms with Crippen molar-refractivity contribution in [1.29, 1.82) is 0 Å². The van der Waals surface area contributed by atoms with Gasteiger partial charge in [-0.05, 0) is 6.42 Å². The van der Waals surface area contributed by atoms with Crippen molar-refractivity contribution in [2.45, 2.75) is 19.3 Å². The van der Waals surface area contributed by atoms with Gasteiger partial charge in [0.15, 0.2) is 6.33 Å². The number of nitrogens with zero attached hydrogens (tertiary/aromatic N) is 2. The van der Waals surface area contributed by atoms with E-state index in [-0.39, 0.29) is 12.5 Å². The van der Waals surface area contributed by atoms with Crippen LogP contribution in [0, 0.1) is 0 Å². The molecule has 0 aliphatic carbocycles. The van der Waals surface area contributed by atoms with Gasteiger partial charge in [-0.2, -0.15) is 4.98 Å². The summed E-state index contributed by atoms with van der Waals surface area (Å²) in [4.78, 5) is 25.2. The molecule has 0 aromatic carbocycles. The molecule has 0 saturated heterocycles. The molecule has 0 spiro atoms. The Bertz CT molecular complexity index is 352. The van der Waals surface area contributed by atoms with Gasteiger partial charge in [-0.25, -0.2) is 4.79 Å². The molecular weight excluding hydrogens is 228 g/mol. The monoisotopic (exact) mass is 242 g/mol. The maximum absolute atomic E-state index is 11.2. The molecular formula is C9H14N4O4. The Labute approximate surface area is 97.4 Å². The van der Waals surface area contributed by atoms with Crippen molar-refractivity contribution in [2.75, 3.05) is 13.1 Å². The molecule has 1 aromatic rings. The predicted octanol–water partition coefficient (Wildman–Crippen LogP) is -0.224. The highest BCUT2D eigenvalue weighted by Gasteiger charge is 2.02. The average molecular weight is 242 g/mol. The van der Waals surface area contributed by atoms with Crippen molar-refractivity contribution in [3.63, 3.8) is 0 Å². The molecule has 0 unspecified atom stereocenters. The number of rotatable bonds is 7. The van der Waals surface area contributed by atoms with E-state index in [9.17, 15) is 9.59 Å². The molecule has 0 radical (unpaired) electrons. The Balaban J connectivity index is 1.99. The van der Waals surface area contributed by atoms with Crippen LogP contribution in [0.3, 0.4) is 0 Å². The first-order chi connectivity index (χ1) is 8.18. The third-order valence-electron chi connectivity index (χ3n) is 1.88. The molecule has 1 heterocycles. The molecule has 94 valence electrons. The predicted molar refractivity (Wildman–Crippen MR) is 56.3 cm³/mol. The second-order valence-corrected chi connectivity index (χ2v) is 3.26. The zero-order valence-electron chi connectivity index (χ0n) is 9.18. The summed E-state index contributed by atoms with van der Waals surface area (Å²) in [6, 6.07) is -0.338. The number of urea groups is 1. The zero-order valence-corrected chi connectivity index (χ0v) is 9.18. The maximum atomic E-state index is 11.2. The molecule has 8 nitrogen and oxygen atoms in total. The van der Waals surface area contributed by atoms with E-state index in [0.29, 0.717) is 31.8 Å². The lowest BCUT2D eigenvalue weighted by Crippen LogP contribution is -2.37. The Morgan fingerprint density at radius 1 is 1.35 bits per heavy atom. The quantitative estimate of drug-likeness (QED) is 0.569. The van der Waals surface area contributed by atoms with Crippen LogP contribution >= 0.6 is 0 Å². The number of carboxylic acid groups (broad SMARTS) is 1. The highest BCUT2D eigenvalue weighted by Crippen LogP contribution is 1.90. The number of carboxylic acids is 1. The van der Waals surface area contributed by atoms with Crippen LogP contribution in [-0.2, 0) is 11.2 Å². The van der Waals surface area contributed by atoms with E-state index in [0.717, 1.165) is 0 Å². The fourth-order valence-corrected chi connectivity index (χ4v) is 1.09. The van der Waals surface area contributed by atoms with Gasteiger partial charge in [0.2, 0.25) is 5.89 Å². The lowest BCUT2D eigenvalue weighted by Gasteiger charge is -2.05. The van der Waals surface area contributed by atoms with Crippen molar-refractivity contribution in [2.24, 2.45) is 0 Å². The maximum Gasteiger partial charge on any atom is 0.314 e. The molecule has 1 rings (SSSR count). The Morgan fingerprint density at radius 2 is 2.12 bits per heavy atom. The van der Waals surface area contributed by atoms with Gasteiger partial charge in [0, 0.05) is 25.9 Å². The van der Waals surface area contributed by atoms with E-state index in [2.05, 4.69) is 20.8 Å². The highest BCUT2D eigenvalue weighted by molar-refractivity contribution is 5.73. The number of carbonyl (C=O) groups is 2. The van der Waals surface area contributed by atoms with E-state index >= 15 is 0 Å². The third-order valence-corrected chi connectivity index (χ3v) is 1.88. The number of hydrogen-bond acceptors (Lipinski definition) is 5. The normalized spacial score (nSPS) is 9.88. The minimum absolute atomic E-state index is 0.0439. The third kappa shape index (κ3) is 6.13. The highest BCUT2D eigenvalue weighted by atomic mass is 16.5. The van der Waals surface area contributed by atoms with Crippen LogP contribution in [0.5, 0.6) is 0 Å². The average Bonchev–Trinajstić information content (AvgIpc) is 2.77. The standard InChI is InChI=1S/C9H14N4O4/c14-8(15)2-1-4-10-9(16)11-5-3-7-12-6-13-17-7/h6H,1-5H2,(H,14,15)(H2,10,11,16). The van der Waals surface area contributed by atoms with Crippen LogP contribution in [0.2, 0.25) is 0 Å². The summed E-state index contributed by atoms with van der Waals surface area (Å²) in [5.41, 5.74) is 0. The molecule has 8 heteroatoms. The molecule has 0 aliphatic heterocycles. The fourth-order valence-electron chi connectivity index (χ4n) is 1.09.